The van der Waals surface area contributed by atoms with Gasteiger partial charge in [-0.1, -0.05) is 42.5 Å². The Balaban J connectivity index is 1.38. The van der Waals surface area contributed by atoms with E-state index in [1.54, 1.807) is 0 Å². The van der Waals surface area contributed by atoms with Gasteiger partial charge in [0.2, 0.25) is 11.8 Å². The molecule has 1 aliphatic heterocycles. The number of H-pyrrole nitrogens is 1. The molecule has 1 aromatic heterocycles. The standard InChI is InChI=1S/C23H26N4O2/c1-16(28)24-21(17-7-3-2-4-8-17)15-22(29)27-13-11-18(12-14-27)23-25-19-9-5-6-10-20(19)26-23/h2-10,18,21H,11-15H2,1H3,(H,24,28)(H,25,26). The predicted molar refractivity (Wildman–Crippen MR) is 112 cm³/mol. The molecule has 150 valence electrons. The summed E-state index contributed by atoms with van der Waals surface area (Å²) >= 11 is 0. The summed E-state index contributed by atoms with van der Waals surface area (Å²) in [5, 5.41) is 2.91. The number of para-hydroxylation sites is 2. The zero-order valence-corrected chi connectivity index (χ0v) is 16.6. The molecule has 0 spiro atoms. The smallest absolute Gasteiger partial charge is 0.224 e. The number of carbonyl (C=O) groups excluding carboxylic acids is 2. The summed E-state index contributed by atoms with van der Waals surface area (Å²) in [6, 6.07) is 17.4. The Morgan fingerprint density at radius 1 is 1.10 bits per heavy atom. The molecule has 2 aromatic carbocycles. The minimum absolute atomic E-state index is 0.0793. The molecule has 2 amide bonds. The molecule has 0 radical (unpaired) electrons. The summed E-state index contributed by atoms with van der Waals surface area (Å²) in [7, 11) is 0. The van der Waals surface area contributed by atoms with E-state index < -0.39 is 0 Å². The van der Waals surface area contributed by atoms with Crippen LogP contribution in [0.3, 0.4) is 0 Å². The lowest BCUT2D eigenvalue weighted by Gasteiger charge is -2.32. The van der Waals surface area contributed by atoms with E-state index in [0.717, 1.165) is 35.3 Å². The predicted octanol–water partition coefficient (Wildman–Crippen LogP) is 3.54. The molecule has 4 rings (SSSR count). The maximum absolute atomic E-state index is 12.9. The molecule has 6 heteroatoms. The number of imidazole rings is 1. The number of benzene rings is 2. The van der Waals surface area contributed by atoms with E-state index in [-0.39, 0.29) is 24.3 Å². The summed E-state index contributed by atoms with van der Waals surface area (Å²) in [4.78, 5) is 34.6. The fraction of sp³-hybridized carbons (Fsp3) is 0.348. The lowest BCUT2D eigenvalue weighted by molar-refractivity contribution is -0.133. The molecule has 1 unspecified atom stereocenters. The van der Waals surface area contributed by atoms with Gasteiger partial charge >= 0.3 is 0 Å². The Hall–Kier alpha value is -3.15. The van der Waals surface area contributed by atoms with Crippen LogP contribution in [0.4, 0.5) is 0 Å². The van der Waals surface area contributed by atoms with Gasteiger partial charge in [-0.05, 0) is 30.5 Å². The fourth-order valence-electron chi connectivity index (χ4n) is 4.05. The van der Waals surface area contributed by atoms with E-state index in [4.69, 9.17) is 4.98 Å². The van der Waals surface area contributed by atoms with Crippen LogP contribution in [0.25, 0.3) is 11.0 Å². The summed E-state index contributed by atoms with van der Waals surface area (Å²) in [6.07, 6.45) is 2.06. The highest BCUT2D eigenvalue weighted by Gasteiger charge is 2.27. The number of nitrogens with one attached hydrogen (secondary N) is 2. The van der Waals surface area contributed by atoms with Crippen molar-refractivity contribution >= 4 is 22.8 Å². The highest BCUT2D eigenvalue weighted by Crippen LogP contribution is 2.28. The topological polar surface area (TPSA) is 78.1 Å². The molecule has 1 aliphatic rings. The second kappa shape index (κ2) is 8.47. The number of piperidine rings is 1. The first kappa shape index (κ1) is 19.2. The number of amides is 2. The molecular formula is C23H26N4O2. The van der Waals surface area contributed by atoms with Gasteiger partial charge < -0.3 is 15.2 Å². The number of nitrogens with zero attached hydrogens (tertiary/aromatic N) is 2. The van der Waals surface area contributed by atoms with Crippen LogP contribution in [0, 0.1) is 0 Å². The second-order valence-corrected chi connectivity index (χ2v) is 7.66. The molecule has 0 saturated carbocycles. The molecule has 2 heterocycles. The van der Waals surface area contributed by atoms with Crippen LogP contribution >= 0.6 is 0 Å². The third-order valence-electron chi connectivity index (χ3n) is 5.60. The lowest BCUT2D eigenvalue weighted by atomic mass is 9.95. The monoisotopic (exact) mass is 390 g/mol. The quantitative estimate of drug-likeness (QED) is 0.699. The van der Waals surface area contributed by atoms with Crippen LogP contribution in [0.2, 0.25) is 0 Å². The van der Waals surface area contributed by atoms with E-state index in [1.807, 2.05) is 59.5 Å². The molecule has 0 aliphatic carbocycles. The van der Waals surface area contributed by atoms with Gasteiger partial charge in [0.1, 0.15) is 5.82 Å². The van der Waals surface area contributed by atoms with Gasteiger partial charge in [-0.3, -0.25) is 9.59 Å². The van der Waals surface area contributed by atoms with E-state index in [0.29, 0.717) is 19.0 Å². The molecule has 2 N–H and O–H groups in total. The Bertz CT molecular complexity index is 957. The Morgan fingerprint density at radius 3 is 2.48 bits per heavy atom. The average Bonchev–Trinajstić information content (AvgIpc) is 3.18. The third-order valence-corrected chi connectivity index (χ3v) is 5.60. The van der Waals surface area contributed by atoms with Crippen LogP contribution in [0.5, 0.6) is 0 Å². The van der Waals surface area contributed by atoms with Gasteiger partial charge in [0.15, 0.2) is 0 Å². The SMILES string of the molecule is CC(=O)NC(CC(=O)N1CCC(c2nc3ccccc3[nH]2)CC1)c1ccccc1. The third kappa shape index (κ3) is 4.47. The van der Waals surface area contributed by atoms with Crippen molar-refractivity contribution in [2.45, 2.75) is 38.1 Å². The van der Waals surface area contributed by atoms with Crippen molar-refractivity contribution in [3.8, 4) is 0 Å². The van der Waals surface area contributed by atoms with Gasteiger partial charge in [-0.15, -0.1) is 0 Å². The van der Waals surface area contributed by atoms with Crippen molar-refractivity contribution in [2.24, 2.45) is 0 Å². The number of hydrogen-bond acceptors (Lipinski definition) is 3. The molecule has 6 nitrogen and oxygen atoms in total. The summed E-state index contributed by atoms with van der Waals surface area (Å²) in [6.45, 7) is 2.91. The maximum Gasteiger partial charge on any atom is 0.224 e. The average molecular weight is 390 g/mol. The molecule has 1 saturated heterocycles. The molecule has 1 fully saturated rings. The summed E-state index contributed by atoms with van der Waals surface area (Å²) in [5.41, 5.74) is 3.00. The van der Waals surface area contributed by atoms with Gasteiger partial charge in [0.05, 0.1) is 23.5 Å². The van der Waals surface area contributed by atoms with E-state index >= 15 is 0 Å². The Kier molecular flexibility index (Phi) is 5.60. The largest absolute Gasteiger partial charge is 0.349 e. The summed E-state index contributed by atoms with van der Waals surface area (Å²) in [5.74, 6) is 1.30. The molecule has 3 aromatic rings. The number of rotatable bonds is 5. The van der Waals surface area contributed by atoms with Crippen molar-refractivity contribution in [1.29, 1.82) is 0 Å². The normalized spacial score (nSPS) is 16.0. The summed E-state index contributed by atoms with van der Waals surface area (Å²) < 4.78 is 0. The minimum Gasteiger partial charge on any atom is -0.349 e. The zero-order chi connectivity index (χ0) is 20.2. The van der Waals surface area contributed by atoms with Gasteiger partial charge in [-0.25, -0.2) is 4.98 Å². The van der Waals surface area contributed by atoms with Gasteiger partial charge in [0.25, 0.3) is 0 Å². The number of fused-ring (bicyclic) bond motifs is 1. The highest BCUT2D eigenvalue weighted by atomic mass is 16.2. The van der Waals surface area contributed by atoms with Crippen molar-refractivity contribution in [1.82, 2.24) is 20.2 Å². The number of aromatic nitrogens is 2. The molecular weight excluding hydrogens is 364 g/mol. The van der Waals surface area contributed by atoms with Crippen LogP contribution in [0.1, 0.15) is 49.5 Å². The van der Waals surface area contributed by atoms with Crippen LogP contribution in [-0.4, -0.2) is 39.8 Å². The van der Waals surface area contributed by atoms with E-state index in [1.165, 1.54) is 6.92 Å². The molecule has 29 heavy (non-hydrogen) atoms. The second-order valence-electron chi connectivity index (χ2n) is 7.66. The van der Waals surface area contributed by atoms with Gasteiger partial charge in [-0.2, -0.15) is 0 Å². The maximum atomic E-state index is 12.9. The first-order valence-electron chi connectivity index (χ1n) is 10.1. The van der Waals surface area contributed by atoms with Crippen LogP contribution < -0.4 is 5.32 Å². The number of aromatic amines is 1. The molecule has 1 atom stereocenters. The first-order chi connectivity index (χ1) is 14.1. The van der Waals surface area contributed by atoms with Crippen LogP contribution in [-0.2, 0) is 9.59 Å². The van der Waals surface area contributed by atoms with E-state index in [9.17, 15) is 9.59 Å². The van der Waals surface area contributed by atoms with E-state index in [2.05, 4.69) is 10.3 Å². The highest BCUT2D eigenvalue weighted by molar-refractivity contribution is 5.79. The van der Waals surface area contributed by atoms with Crippen LogP contribution in [0.15, 0.2) is 54.6 Å². The number of carbonyl (C=O) groups is 2. The van der Waals surface area contributed by atoms with Crippen molar-refractivity contribution in [3.63, 3.8) is 0 Å². The zero-order valence-electron chi connectivity index (χ0n) is 16.6. The van der Waals surface area contributed by atoms with Crippen molar-refractivity contribution in [2.75, 3.05) is 13.1 Å². The first-order valence-corrected chi connectivity index (χ1v) is 10.1. The number of likely N-dealkylation sites (tertiary alicyclic amines) is 1. The lowest BCUT2D eigenvalue weighted by Crippen LogP contribution is -2.40. The number of hydrogen-bond donors (Lipinski definition) is 2. The Labute approximate surface area is 170 Å². The van der Waals surface area contributed by atoms with Crippen molar-refractivity contribution in [3.05, 3.63) is 66.0 Å². The van der Waals surface area contributed by atoms with Crippen molar-refractivity contribution < 1.29 is 9.59 Å². The minimum atomic E-state index is -0.297. The van der Waals surface area contributed by atoms with Gasteiger partial charge in [0, 0.05) is 25.9 Å². The fourth-order valence-corrected chi connectivity index (χ4v) is 4.05. The molecule has 0 bridgehead atoms. The Morgan fingerprint density at radius 2 is 1.79 bits per heavy atom.